The van der Waals surface area contributed by atoms with E-state index in [0.717, 1.165) is 22.6 Å². The minimum Gasteiger partial charge on any atom is -0.497 e. The van der Waals surface area contributed by atoms with Crippen LogP contribution in [0.2, 0.25) is 0 Å². The van der Waals surface area contributed by atoms with Crippen molar-refractivity contribution in [2.24, 2.45) is 0 Å². The molecular formula is C16H18N2O2. The van der Waals surface area contributed by atoms with Gasteiger partial charge in [-0.05, 0) is 49.7 Å². The predicted molar refractivity (Wildman–Crippen MR) is 79.0 cm³/mol. The van der Waals surface area contributed by atoms with Crippen molar-refractivity contribution in [1.29, 1.82) is 0 Å². The van der Waals surface area contributed by atoms with Crippen LogP contribution in [0, 0.1) is 6.92 Å². The molecule has 4 nitrogen and oxygen atoms in total. The predicted octanol–water partition coefficient (Wildman–Crippen LogP) is 2.82. The fraction of sp³-hybridized carbons (Fsp3) is 0.250. The van der Waals surface area contributed by atoms with Crippen LogP contribution in [0.15, 0.2) is 36.5 Å². The first-order chi connectivity index (χ1) is 9.65. The molecule has 0 aliphatic carbocycles. The van der Waals surface area contributed by atoms with E-state index < -0.39 is 0 Å². The van der Waals surface area contributed by atoms with Gasteiger partial charge in [-0.1, -0.05) is 0 Å². The highest BCUT2D eigenvalue weighted by molar-refractivity contribution is 5.95. The number of pyridine rings is 1. The van der Waals surface area contributed by atoms with Crippen molar-refractivity contribution in [3.8, 4) is 17.0 Å². The summed E-state index contributed by atoms with van der Waals surface area (Å²) in [5, 5.41) is 2.79. The smallest absolute Gasteiger partial charge is 0.251 e. The number of amides is 1. The number of benzene rings is 1. The first-order valence-electron chi connectivity index (χ1n) is 6.55. The van der Waals surface area contributed by atoms with Crippen LogP contribution in [-0.2, 0) is 0 Å². The lowest BCUT2D eigenvalue weighted by molar-refractivity contribution is 0.0956. The Kier molecular flexibility index (Phi) is 4.35. The standard InChI is InChI=1S/C16H18N2O2/c1-4-17-16(19)12-7-8-18-15(10-12)14-6-5-13(20-3)9-11(14)2/h5-10H,4H2,1-3H3,(H,17,19). The summed E-state index contributed by atoms with van der Waals surface area (Å²) in [4.78, 5) is 16.2. The lowest BCUT2D eigenvalue weighted by Gasteiger charge is -2.09. The summed E-state index contributed by atoms with van der Waals surface area (Å²) in [5.41, 5.74) is 3.46. The largest absolute Gasteiger partial charge is 0.497 e. The third-order valence-corrected chi connectivity index (χ3v) is 3.07. The number of rotatable bonds is 4. The van der Waals surface area contributed by atoms with Gasteiger partial charge >= 0.3 is 0 Å². The Morgan fingerprint density at radius 1 is 1.30 bits per heavy atom. The van der Waals surface area contributed by atoms with Crippen molar-refractivity contribution in [1.82, 2.24) is 10.3 Å². The molecule has 0 saturated carbocycles. The monoisotopic (exact) mass is 270 g/mol. The van der Waals surface area contributed by atoms with Gasteiger partial charge in [0.15, 0.2) is 0 Å². The molecule has 0 aliphatic heterocycles. The summed E-state index contributed by atoms with van der Waals surface area (Å²) in [6.07, 6.45) is 1.66. The number of hydrogen-bond acceptors (Lipinski definition) is 3. The second-order valence-corrected chi connectivity index (χ2v) is 4.47. The van der Waals surface area contributed by atoms with Crippen LogP contribution >= 0.6 is 0 Å². The van der Waals surface area contributed by atoms with E-state index in [9.17, 15) is 4.79 Å². The maximum Gasteiger partial charge on any atom is 0.251 e. The van der Waals surface area contributed by atoms with Crippen molar-refractivity contribution in [3.63, 3.8) is 0 Å². The fourth-order valence-electron chi connectivity index (χ4n) is 2.03. The van der Waals surface area contributed by atoms with E-state index in [4.69, 9.17) is 4.74 Å². The van der Waals surface area contributed by atoms with Crippen LogP contribution in [0.25, 0.3) is 11.3 Å². The van der Waals surface area contributed by atoms with Crippen molar-refractivity contribution in [2.75, 3.05) is 13.7 Å². The van der Waals surface area contributed by atoms with Gasteiger partial charge in [0, 0.05) is 23.9 Å². The molecule has 1 aromatic heterocycles. The molecule has 4 heteroatoms. The number of carbonyl (C=O) groups is 1. The van der Waals surface area contributed by atoms with Crippen LogP contribution in [0.3, 0.4) is 0 Å². The van der Waals surface area contributed by atoms with Gasteiger partial charge in [-0.15, -0.1) is 0 Å². The number of hydrogen-bond donors (Lipinski definition) is 1. The van der Waals surface area contributed by atoms with E-state index in [0.29, 0.717) is 12.1 Å². The Morgan fingerprint density at radius 2 is 2.10 bits per heavy atom. The number of nitrogens with one attached hydrogen (secondary N) is 1. The summed E-state index contributed by atoms with van der Waals surface area (Å²) in [7, 11) is 1.64. The number of aromatic nitrogens is 1. The summed E-state index contributed by atoms with van der Waals surface area (Å²) >= 11 is 0. The lowest BCUT2D eigenvalue weighted by Crippen LogP contribution is -2.22. The summed E-state index contributed by atoms with van der Waals surface area (Å²) < 4.78 is 5.20. The summed E-state index contributed by atoms with van der Waals surface area (Å²) in [5.74, 6) is 0.730. The Bertz CT molecular complexity index is 624. The highest BCUT2D eigenvalue weighted by Crippen LogP contribution is 2.25. The van der Waals surface area contributed by atoms with Gasteiger partial charge < -0.3 is 10.1 Å². The summed E-state index contributed by atoms with van der Waals surface area (Å²) in [6, 6.07) is 9.32. The van der Waals surface area contributed by atoms with Gasteiger partial charge in [0.05, 0.1) is 12.8 Å². The zero-order valence-corrected chi connectivity index (χ0v) is 11.9. The topological polar surface area (TPSA) is 51.2 Å². The Balaban J connectivity index is 2.38. The van der Waals surface area contributed by atoms with E-state index >= 15 is 0 Å². The van der Waals surface area contributed by atoms with E-state index in [1.165, 1.54) is 0 Å². The van der Waals surface area contributed by atoms with Crippen molar-refractivity contribution in [3.05, 3.63) is 47.7 Å². The number of carbonyl (C=O) groups excluding carboxylic acids is 1. The molecule has 0 saturated heterocycles. The average Bonchev–Trinajstić information content (AvgIpc) is 2.47. The normalized spacial score (nSPS) is 10.2. The molecule has 0 radical (unpaired) electrons. The van der Waals surface area contributed by atoms with E-state index in [-0.39, 0.29) is 5.91 Å². The van der Waals surface area contributed by atoms with Crippen LogP contribution in [0.5, 0.6) is 5.75 Å². The maximum atomic E-state index is 11.9. The maximum absolute atomic E-state index is 11.9. The molecule has 20 heavy (non-hydrogen) atoms. The van der Waals surface area contributed by atoms with Crippen LogP contribution < -0.4 is 10.1 Å². The average molecular weight is 270 g/mol. The highest BCUT2D eigenvalue weighted by Gasteiger charge is 2.09. The van der Waals surface area contributed by atoms with Gasteiger partial charge in [0.2, 0.25) is 0 Å². The minimum atomic E-state index is -0.0812. The van der Waals surface area contributed by atoms with Gasteiger partial charge in [0.25, 0.3) is 5.91 Å². The van der Waals surface area contributed by atoms with Gasteiger partial charge in [-0.3, -0.25) is 9.78 Å². The Labute approximate surface area is 118 Å². The van der Waals surface area contributed by atoms with Crippen molar-refractivity contribution < 1.29 is 9.53 Å². The van der Waals surface area contributed by atoms with E-state index in [1.807, 2.05) is 32.0 Å². The third-order valence-electron chi connectivity index (χ3n) is 3.07. The first kappa shape index (κ1) is 14.1. The molecule has 0 aliphatic rings. The number of nitrogens with zero attached hydrogens (tertiary/aromatic N) is 1. The molecule has 0 spiro atoms. The molecule has 1 N–H and O–H groups in total. The molecular weight excluding hydrogens is 252 g/mol. The quantitative estimate of drug-likeness (QED) is 0.929. The van der Waals surface area contributed by atoms with Crippen LogP contribution in [-0.4, -0.2) is 24.5 Å². The molecule has 0 unspecified atom stereocenters. The Morgan fingerprint density at radius 3 is 2.75 bits per heavy atom. The molecule has 2 aromatic rings. The van der Waals surface area contributed by atoms with Crippen molar-refractivity contribution >= 4 is 5.91 Å². The van der Waals surface area contributed by atoms with Gasteiger partial charge in [-0.2, -0.15) is 0 Å². The van der Waals surface area contributed by atoms with Gasteiger partial charge in [-0.25, -0.2) is 0 Å². The fourth-order valence-corrected chi connectivity index (χ4v) is 2.03. The zero-order chi connectivity index (χ0) is 14.5. The second-order valence-electron chi connectivity index (χ2n) is 4.47. The molecule has 2 rings (SSSR count). The van der Waals surface area contributed by atoms with E-state index in [1.54, 1.807) is 25.4 Å². The van der Waals surface area contributed by atoms with Crippen molar-refractivity contribution in [2.45, 2.75) is 13.8 Å². The van der Waals surface area contributed by atoms with Crippen LogP contribution in [0.1, 0.15) is 22.8 Å². The second kappa shape index (κ2) is 6.19. The Hall–Kier alpha value is -2.36. The first-order valence-corrected chi connectivity index (χ1v) is 6.55. The molecule has 1 heterocycles. The number of aryl methyl sites for hydroxylation is 1. The molecule has 1 amide bonds. The highest BCUT2D eigenvalue weighted by atomic mass is 16.5. The number of ether oxygens (including phenoxy) is 1. The van der Waals surface area contributed by atoms with Gasteiger partial charge in [0.1, 0.15) is 5.75 Å². The van der Waals surface area contributed by atoms with Crippen LogP contribution in [0.4, 0.5) is 0 Å². The summed E-state index contributed by atoms with van der Waals surface area (Å²) in [6.45, 7) is 4.50. The SMILES string of the molecule is CCNC(=O)c1ccnc(-c2ccc(OC)cc2C)c1. The van der Waals surface area contributed by atoms with E-state index in [2.05, 4.69) is 10.3 Å². The number of methoxy groups -OCH3 is 1. The molecule has 104 valence electrons. The molecule has 1 aromatic carbocycles. The lowest BCUT2D eigenvalue weighted by atomic mass is 10.0. The third kappa shape index (κ3) is 2.96. The molecule has 0 atom stereocenters. The zero-order valence-electron chi connectivity index (χ0n) is 11.9. The molecule has 0 bridgehead atoms. The molecule has 0 fully saturated rings. The minimum absolute atomic E-state index is 0.0812.